The molecule has 0 saturated carbocycles. The summed E-state index contributed by atoms with van der Waals surface area (Å²) in [5.41, 5.74) is 0.606. The molecule has 5 nitrogen and oxygen atoms in total. The zero-order valence-corrected chi connectivity index (χ0v) is 14.2. The van der Waals surface area contributed by atoms with Crippen LogP contribution in [0.15, 0.2) is 24.3 Å². The minimum absolute atomic E-state index is 0.0735. The zero-order chi connectivity index (χ0) is 16.9. The van der Waals surface area contributed by atoms with E-state index in [1.165, 1.54) is 0 Å². The van der Waals surface area contributed by atoms with Crippen LogP contribution in [0.3, 0.4) is 0 Å². The molecule has 1 aliphatic carbocycles. The molecule has 0 aliphatic heterocycles. The molecule has 1 aromatic rings. The minimum atomic E-state index is -1.46. The van der Waals surface area contributed by atoms with Crippen molar-refractivity contribution < 1.29 is 19.4 Å². The molecule has 0 radical (unpaired) electrons. The smallest absolute Gasteiger partial charge is 0.409 e. The van der Waals surface area contributed by atoms with Gasteiger partial charge in [-0.05, 0) is 37.8 Å². The van der Waals surface area contributed by atoms with Crippen LogP contribution >= 0.6 is 0 Å². The van der Waals surface area contributed by atoms with Gasteiger partial charge in [0.05, 0.1) is 12.7 Å². The number of amides is 1. The minimum Gasteiger partial charge on any atom is -0.450 e. The lowest BCUT2D eigenvalue weighted by Crippen LogP contribution is -2.56. The van der Waals surface area contributed by atoms with Crippen LogP contribution in [-0.4, -0.2) is 29.6 Å². The predicted octanol–water partition coefficient (Wildman–Crippen LogP) is 3.31. The number of ether oxygens (including phenoxy) is 2. The average molecular weight is 321 g/mol. The van der Waals surface area contributed by atoms with Gasteiger partial charge in [-0.25, -0.2) is 4.79 Å². The topological polar surface area (TPSA) is 67.8 Å². The molecule has 1 aromatic carbocycles. The van der Waals surface area contributed by atoms with Crippen LogP contribution in [0.1, 0.15) is 57.3 Å². The van der Waals surface area contributed by atoms with Crippen molar-refractivity contribution >= 4 is 6.09 Å². The maximum atomic E-state index is 12.0. The molecule has 2 unspecified atom stereocenters. The molecule has 1 aliphatic rings. The van der Waals surface area contributed by atoms with Crippen LogP contribution in [0, 0.1) is 0 Å². The molecule has 1 amide bonds. The highest BCUT2D eigenvalue weighted by Crippen LogP contribution is 2.39. The van der Waals surface area contributed by atoms with Crippen molar-refractivity contribution in [1.82, 2.24) is 5.32 Å². The van der Waals surface area contributed by atoms with Crippen LogP contribution < -0.4 is 5.32 Å². The predicted molar refractivity (Wildman–Crippen MR) is 88.1 cm³/mol. The number of fused-ring (bicyclic) bond motifs is 1. The van der Waals surface area contributed by atoms with E-state index in [2.05, 4.69) is 5.32 Å². The summed E-state index contributed by atoms with van der Waals surface area (Å²) in [4.78, 5) is 12.0. The van der Waals surface area contributed by atoms with E-state index in [0.29, 0.717) is 19.4 Å². The second kappa shape index (κ2) is 7.79. The van der Waals surface area contributed by atoms with Crippen molar-refractivity contribution in [2.45, 2.75) is 64.4 Å². The molecule has 128 valence electrons. The number of aliphatic hydroxyl groups is 1. The number of alkyl carbamates (subject to hydrolysis) is 1. The number of aryl methyl sites for hydroxylation is 1. The van der Waals surface area contributed by atoms with Crippen LogP contribution in [0.5, 0.6) is 0 Å². The Morgan fingerprint density at radius 2 is 2.17 bits per heavy atom. The highest BCUT2D eigenvalue weighted by Gasteiger charge is 2.44. The fraction of sp³-hybridized carbons (Fsp3) is 0.611. The van der Waals surface area contributed by atoms with Gasteiger partial charge in [-0.3, -0.25) is 5.32 Å². The first-order valence-electron chi connectivity index (χ1n) is 8.37. The van der Waals surface area contributed by atoms with Crippen molar-refractivity contribution in [3.05, 3.63) is 35.4 Å². The number of unbranched alkanes of at least 4 members (excludes halogenated alkanes) is 1. The zero-order valence-electron chi connectivity index (χ0n) is 14.2. The number of carbonyl (C=O) groups is 1. The lowest BCUT2D eigenvalue weighted by molar-refractivity contribution is -0.152. The summed E-state index contributed by atoms with van der Waals surface area (Å²) >= 11 is 0. The van der Waals surface area contributed by atoms with E-state index < -0.39 is 17.9 Å². The maximum Gasteiger partial charge on any atom is 0.409 e. The number of nitrogens with one attached hydrogen (secondary N) is 1. The molecule has 0 fully saturated rings. The molecule has 0 aromatic heterocycles. The Morgan fingerprint density at radius 1 is 1.43 bits per heavy atom. The van der Waals surface area contributed by atoms with E-state index in [1.807, 2.05) is 45.0 Å². The third-order valence-corrected chi connectivity index (χ3v) is 4.00. The Hall–Kier alpha value is -1.59. The molecule has 23 heavy (non-hydrogen) atoms. The van der Waals surface area contributed by atoms with E-state index in [-0.39, 0.29) is 6.10 Å². The highest BCUT2D eigenvalue weighted by atomic mass is 16.6. The van der Waals surface area contributed by atoms with Gasteiger partial charge in [0.1, 0.15) is 6.10 Å². The first-order chi connectivity index (χ1) is 11.0. The summed E-state index contributed by atoms with van der Waals surface area (Å²) in [6, 6.07) is 7.87. The number of hydrogen-bond acceptors (Lipinski definition) is 4. The first-order valence-corrected chi connectivity index (χ1v) is 8.37. The Balaban J connectivity index is 2.16. The molecule has 0 heterocycles. The lowest BCUT2D eigenvalue weighted by Gasteiger charge is -2.41. The molecular weight excluding hydrogens is 294 g/mol. The van der Waals surface area contributed by atoms with E-state index in [9.17, 15) is 9.90 Å². The average Bonchev–Trinajstić information content (AvgIpc) is 2.50. The number of benzene rings is 1. The normalized spacial score (nSPS) is 23.4. The van der Waals surface area contributed by atoms with Gasteiger partial charge < -0.3 is 14.6 Å². The van der Waals surface area contributed by atoms with Crippen molar-refractivity contribution in [2.24, 2.45) is 0 Å². The summed E-state index contributed by atoms with van der Waals surface area (Å²) in [6.45, 7) is 6.21. The van der Waals surface area contributed by atoms with Crippen LogP contribution in [0.25, 0.3) is 0 Å². The monoisotopic (exact) mass is 321 g/mol. The maximum absolute atomic E-state index is 12.0. The number of carbonyl (C=O) groups excluding carboxylic acids is 1. The Labute approximate surface area is 138 Å². The van der Waals surface area contributed by atoms with E-state index in [1.54, 1.807) is 0 Å². The van der Waals surface area contributed by atoms with Gasteiger partial charge in [-0.2, -0.15) is 0 Å². The van der Waals surface area contributed by atoms with Crippen LogP contribution in [0.2, 0.25) is 0 Å². The Bertz CT molecular complexity index is 532. The fourth-order valence-electron chi connectivity index (χ4n) is 2.84. The van der Waals surface area contributed by atoms with E-state index >= 15 is 0 Å². The molecule has 0 saturated heterocycles. The summed E-state index contributed by atoms with van der Waals surface area (Å²) < 4.78 is 11.1. The summed E-state index contributed by atoms with van der Waals surface area (Å²) in [5.74, 6) is 0. The molecule has 2 N–H and O–H groups in total. The summed E-state index contributed by atoms with van der Waals surface area (Å²) in [7, 11) is 0. The molecule has 2 rings (SSSR count). The van der Waals surface area contributed by atoms with Gasteiger partial charge in [0.25, 0.3) is 0 Å². The standard InChI is InChI=1S/C18H27NO4/c1-4-5-12-22-17(20)19-18(21)11-10-14-8-6-7-9-15(14)16(18)23-13(2)3/h6-9,13,16,21H,4-5,10-12H2,1-3H3,(H,19,20). The molecule has 0 spiro atoms. The first kappa shape index (κ1) is 17.8. The van der Waals surface area contributed by atoms with Gasteiger partial charge in [-0.1, -0.05) is 37.6 Å². The van der Waals surface area contributed by atoms with Gasteiger partial charge in [-0.15, -0.1) is 0 Å². The third-order valence-electron chi connectivity index (χ3n) is 4.00. The van der Waals surface area contributed by atoms with Gasteiger partial charge in [0, 0.05) is 6.42 Å². The Kier molecular flexibility index (Phi) is 6.02. The van der Waals surface area contributed by atoms with Gasteiger partial charge in [0.2, 0.25) is 0 Å². The van der Waals surface area contributed by atoms with E-state index in [4.69, 9.17) is 9.47 Å². The molecular formula is C18H27NO4. The van der Waals surface area contributed by atoms with Gasteiger partial charge >= 0.3 is 6.09 Å². The van der Waals surface area contributed by atoms with Crippen molar-refractivity contribution in [1.29, 1.82) is 0 Å². The molecule has 2 atom stereocenters. The largest absolute Gasteiger partial charge is 0.450 e. The fourth-order valence-corrected chi connectivity index (χ4v) is 2.84. The highest BCUT2D eigenvalue weighted by molar-refractivity contribution is 5.68. The second-order valence-corrected chi connectivity index (χ2v) is 6.30. The summed E-state index contributed by atoms with van der Waals surface area (Å²) in [5, 5.41) is 13.6. The quantitative estimate of drug-likeness (QED) is 0.623. The van der Waals surface area contributed by atoms with Gasteiger partial charge in [0.15, 0.2) is 5.72 Å². The van der Waals surface area contributed by atoms with Crippen LogP contribution in [0.4, 0.5) is 4.79 Å². The SMILES string of the molecule is CCCCOC(=O)NC1(O)CCc2ccccc2C1OC(C)C. The molecule has 5 heteroatoms. The van der Waals surface area contributed by atoms with Crippen molar-refractivity contribution in [3.63, 3.8) is 0 Å². The second-order valence-electron chi connectivity index (χ2n) is 6.30. The van der Waals surface area contributed by atoms with Crippen LogP contribution in [-0.2, 0) is 15.9 Å². The lowest BCUT2D eigenvalue weighted by atomic mass is 9.83. The number of rotatable bonds is 6. The molecule has 0 bridgehead atoms. The Morgan fingerprint density at radius 3 is 2.87 bits per heavy atom. The van der Waals surface area contributed by atoms with Crippen molar-refractivity contribution in [2.75, 3.05) is 6.61 Å². The van der Waals surface area contributed by atoms with Crippen molar-refractivity contribution in [3.8, 4) is 0 Å². The third kappa shape index (κ3) is 4.45. The number of hydrogen-bond donors (Lipinski definition) is 2. The van der Waals surface area contributed by atoms with E-state index in [0.717, 1.165) is 24.0 Å². The summed E-state index contributed by atoms with van der Waals surface area (Å²) in [6.07, 6.45) is 1.55.